The highest BCUT2D eigenvalue weighted by Crippen LogP contribution is 2.50. The van der Waals surface area contributed by atoms with E-state index >= 15 is 0 Å². The zero-order valence-electron chi connectivity index (χ0n) is 9.80. The molecule has 1 aromatic rings. The molecule has 0 aliphatic carbocycles. The number of methoxy groups -OCH3 is 1. The molecule has 1 rings (SSSR count). The van der Waals surface area contributed by atoms with Crippen LogP contribution in [-0.4, -0.2) is 21.3 Å². The quantitative estimate of drug-likeness (QED) is 0.722. The molecule has 0 aliphatic heterocycles. The first-order valence-electron chi connectivity index (χ1n) is 4.91. The normalized spacial score (nSPS) is 11.7. The maximum Gasteiger partial charge on any atom is 0.334 e. The first-order valence-corrected chi connectivity index (χ1v) is 6.64. The minimum absolute atomic E-state index is 0.263. The second-order valence-corrected chi connectivity index (χ2v) is 5.60. The Balaban J connectivity index is 2.91. The molecule has 0 fully saturated rings. The van der Waals surface area contributed by atoms with Gasteiger partial charge in [-0.1, -0.05) is 24.3 Å². The summed E-state index contributed by atoms with van der Waals surface area (Å²) in [5.41, 5.74) is 1.93. The van der Waals surface area contributed by atoms with Gasteiger partial charge in [-0.15, -0.1) is 0 Å². The highest BCUT2D eigenvalue weighted by atomic mass is 31.2. The number of benzene rings is 1. The SMILES string of the molecule is COCc1ccccc1CP(=O)(OC)OC. The van der Waals surface area contributed by atoms with E-state index in [1.807, 2.05) is 24.3 Å². The topological polar surface area (TPSA) is 44.8 Å². The van der Waals surface area contributed by atoms with E-state index in [2.05, 4.69) is 0 Å². The van der Waals surface area contributed by atoms with Gasteiger partial charge in [-0.2, -0.15) is 0 Å². The van der Waals surface area contributed by atoms with Crippen molar-refractivity contribution >= 4 is 7.60 Å². The summed E-state index contributed by atoms with van der Waals surface area (Å²) >= 11 is 0. The molecular formula is C11H17O4P. The van der Waals surface area contributed by atoms with E-state index in [0.717, 1.165) is 11.1 Å². The summed E-state index contributed by atoms with van der Waals surface area (Å²) < 4.78 is 26.9. The molecule has 0 unspecified atom stereocenters. The van der Waals surface area contributed by atoms with E-state index in [9.17, 15) is 4.57 Å². The average molecular weight is 244 g/mol. The summed E-state index contributed by atoms with van der Waals surface area (Å²) in [4.78, 5) is 0. The fraction of sp³-hybridized carbons (Fsp3) is 0.455. The van der Waals surface area contributed by atoms with Crippen LogP contribution >= 0.6 is 7.60 Å². The first-order chi connectivity index (χ1) is 7.65. The summed E-state index contributed by atoms with van der Waals surface area (Å²) in [5, 5.41) is 0. The molecule has 0 aromatic heterocycles. The van der Waals surface area contributed by atoms with Gasteiger partial charge in [-0.05, 0) is 11.1 Å². The second kappa shape index (κ2) is 6.16. The van der Waals surface area contributed by atoms with Gasteiger partial charge in [0.05, 0.1) is 12.8 Å². The molecular weight excluding hydrogens is 227 g/mol. The lowest BCUT2D eigenvalue weighted by Crippen LogP contribution is -1.99. The Labute approximate surface area is 96.1 Å². The number of ether oxygens (including phenoxy) is 1. The van der Waals surface area contributed by atoms with E-state index in [4.69, 9.17) is 13.8 Å². The van der Waals surface area contributed by atoms with Crippen molar-refractivity contribution in [3.8, 4) is 0 Å². The lowest BCUT2D eigenvalue weighted by atomic mass is 10.1. The third-order valence-corrected chi connectivity index (χ3v) is 4.18. The van der Waals surface area contributed by atoms with Crippen LogP contribution in [0.3, 0.4) is 0 Å². The third kappa shape index (κ3) is 3.42. The van der Waals surface area contributed by atoms with E-state index < -0.39 is 7.60 Å². The van der Waals surface area contributed by atoms with Gasteiger partial charge in [0.25, 0.3) is 0 Å². The minimum Gasteiger partial charge on any atom is -0.380 e. The maximum atomic E-state index is 12.0. The minimum atomic E-state index is -3.01. The highest BCUT2D eigenvalue weighted by molar-refractivity contribution is 7.52. The fourth-order valence-corrected chi connectivity index (χ4v) is 2.55. The lowest BCUT2D eigenvalue weighted by molar-refractivity contribution is 0.184. The van der Waals surface area contributed by atoms with E-state index in [1.54, 1.807) is 7.11 Å². The van der Waals surface area contributed by atoms with Crippen LogP contribution in [0, 0.1) is 0 Å². The van der Waals surface area contributed by atoms with Crippen LogP contribution in [0.5, 0.6) is 0 Å². The van der Waals surface area contributed by atoms with Crippen molar-refractivity contribution in [2.24, 2.45) is 0 Å². The largest absolute Gasteiger partial charge is 0.380 e. The van der Waals surface area contributed by atoms with Crippen molar-refractivity contribution in [1.29, 1.82) is 0 Å². The molecule has 1 aromatic carbocycles. The molecule has 16 heavy (non-hydrogen) atoms. The molecule has 0 amide bonds. The van der Waals surface area contributed by atoms with Gasteiger partial charge in [0.15, 0.2) is 0 Å². The molecule has 0 saturated carbocycles. The Hall–Kier alpha value is -0.670. The van der Waals surface area contributed by atoms with Crippen LogP contribution in [0.1, 0.15) is 11.1 Å². The molecule has 0 aliphatic rings. The van der Waals surface area contributed by atoms with Crippen LogP contribution in [0.25, 0.3) is 0 Å². The van der Waals surface area contributed by atoms with Gasteiger partial charge in [-0.3, -0.25) is 4.57 Å². The van der Waals surface area contributed by atoms with Gasteiger partial charge < -0.3 is 13.8 Å². The molecule has 5 heteroatoms. The van der Waals surface area contributed by atoms with E-state index in [1.165, 1.54) is 14.2 Å². The number of hydrogen-bond donors (Lipinski definition) is 0. The summed E-state index contributed by atoms with van der Waals surface area (Å²) in [6.45, 7) is 0.490. The average Bonchev–Trinajstić information content (AvgIpc) is 2.32. The predicted molar refractivity (Wildman–Crippen MR) is 62.5 cm³/mol. The van der Waals surface area contributed by atoms with Crippen molar-refractivity contribution < 1.29 is 18.3 Å². The Morgan fingerprint density at radius 1 is 1.06 bits per heavy atom. The lowest BCUT2D eigenvalue weighted by Gasteiger charge is -2.15. The molecule has 0 saturated heterocycles. The van der Waals surface area contributed by atoms with Crippen molar-refractivity contribution in [2.45, 2.75) is 12.8 Å². The molecule has 0 atom stereocenters. The second-order valence-electron chi connectivity index (χ2n) is 3.34. The smallest absolute Gasteiger partial charge is 0.334 e. The molecule has 0 heterocycles. The van der Waals surface area contributed by atoms with Gasteiger partial charge in [-0.25, -0.2) is 0 Å². The van der Waals surface area contributed by atoms with Crippen LogP contribution in [0.2, 0.25) is 0 Å². The molecule has 0 spiro atoms. The van der Waals surface area contributed by atoms with E-state index in [0.29, 0.717) is 6.61 Å². The predicted octanol–water partition coefficient (Wildman–Crippen LogP) is 2.82. The van der Waals surface area contributed by atoms with Crippen molar-refractivity contribution in [3.63, 3.8) is 0 Å². The van der Waals surface area contributed by atoms with Crippen molar-refractivity contribution in [1.82, 2.24) is 0 Å². The standard InChI is InChI=1S/C11H17O4P/c1-13-8-10-6-4-5-7-11(10)9-16(12,14-2)15-3/h4-7H,8-9H2,1-3H3. The Morgan fingerprint density at radius 2 is 1.62 bits per heavy atom. The van der Waals surface area contributed by atoms with Gasteiger partial charge in [0.1, 0.15) is 0 Å². The van der Waals surface area contributed by atoms with Crippen LogP contribution in [0.15, 0.2) is 24.3 Å². The summed E-state index contributed by atoms with van der Waals surface area (Å²) in [6, 6.07) is 7.65. The fourth-order valence-electron chi connectivity index (χ4n) is 1.42. The Bertz CT molecular complexity index is 370. The van der Waals surface area contributed by atoms with Crippen LogP contribution in [0.4, 0.5) is 0 Å². The van der Waals surface area contributed by atoms with Crippen LogP contribution in [-0.2, 0) is 31.1 Å². The third-order valence-electron chi connectivity index (χ3n) is 2.34. The van der Waals surface area contributed by atoms with E-state index in [-0.39, 0.29) is 6.16 Å². The monoisotopic (exact) mass is 244 g/mol. The van der Waals surface area contributed by atoms with Gasteiger partial charge in [0.2, 0.25) is 0 Å². The number of rotatable bonds is 6. The molecule has 90 valence electrons. The summed E-state index contributed by atoms with van der Waals surface area (Å²) in [7, 11) is 1.40. The van der Waals surface area contributed by atoms with Gasteiger partial charge in [0, 0.05) is 21.3 Å². The van der Waals surface area contributed by atoms with Crippen molar-refractivity contribution in [3.05, 3.63) is 35.4 Å². The number of hydrogen-bond acceptors (Lipinski definition) is 4. The van der Waals surface area contributed by atoms with Gasteiger partial charge >= 0.3 is 7.60 Å². The molecule has 4 nitrogen and oxygen atoms in total. The Kier molecular flexibility index (Phi) is 5.16. The molecule has 0 bridgehead atoms. The Morgan fingerprint density at radius 3 is 2.12 bits per heavy atom. The zero-order valence-corrected chi connectivity index (χ0v) is 10.7. The molecule has 0 radical (unpaired) electrons. The van der Waals surface area contributed by atoms with Crippen LogP contribution < -0.4 is 0 Å². The van der Waals surface area contributed by atoms with Crippen molar-refractivity contribution in [2.75, 3.05) is 21.3 Å². The summed E-state index contributed by atoms with van der Waals surface area (Å²) in [5.74, 6) is 0. The molecule has 0 N–H and O–H groups in total. The highest BCUT2D eigenvalue weighted by Gasteiger charge is 2.22. The zero-order chi connectivity index (χ0) is 12.0. The maximum absolute atomic E-state index is 12.0. The first kappa shape index (κ1) is 13.4. The summed E-state index contributed by atoms with van der Waals surface area (Å²) in [6.07, 6.45) is 0.263.